The number of ether oxygens (including phenoxy) is 2. The van der Waals surface area contributed by atoms with E-state index in [1.807, 2.05) is 43.3 Å². The van der Waals surface area contributed by atoms with Gasteiger partial charge in [0.15, 0.2) is 17.1 Å². The van der Waals surface area contributed by atoms with E-state index in [9.17, 15) is 9.59 Å². The number of nitrogens with zero attached hydrogens (tertiary/aromatic N) is 1. The number of aryl methyl sites for hydroxylation is 1. The van der Waals surface area contributed by atoms with Gasteiger partial charge in [-0.05, 0) is 42.7 Å². The average molecular weight is 398 g/mol. The molecule has 3 rings (SSSR count). The van der Waals surface area contributed by atoms with Gasteiger partial charge in [-0.1, -0.05) is 25.1 Å². The summed E-state index contributed by atoms with van der Waals surface area (Å²) in [5.74, 6) is 0.874. The van der Waals surface area contributed by atoms with Gasteiger partial charge >= 0.3 is 5.76 Å². The molecule has 1 heterocycles. The molecule has 0 unspecified atom stereocenters. The lowest BCUT2D eigenvalue weighted by Crippen LogP contribution is -2.23. The Morgan fingerprint density at radius 1 is 1.17 bits per heavy atom. The van der Waals surface area contributed by atoms with Gasteiger partial charge in [0.1, 0.15) is 0 Å². The van der Waals surface area contributed by atoms with Gasteiger partial charge in [0.25, 0.3) is 0 Å². The lowest BCUT2D eigenvalue weighted by Gasteiger charge is -2.12. The number of rotatable bonds is 10. The molecule has 0 fully saturated rings. The molecule has 7 nitrogen and oxygen atoms in total. The highest BCUT2D eigenvalue weighted by molar-refractivity contribution is 5.76. The number of aromatic nitrogens is 1. The van der Waals surface area contributed by atoms with Gasteiger partial charge in [0, 0.05) is 19.5 Å². The number of benzene rings is 2. The first-order valence-electron chi connectivity index (χ1n) is 9.77. The summed E-state index contributed by atoms with van der Waals surface area (Å²) in [6.07, 6.45) is 1.78. The monoisotopic (exact) mass is 398 g/mol. The minimum absolute atomic E-state index is 0.0730. The molecule has 0 aliphatic heterocycles. The maximum absolute atomic E-state index is 12.2. The van der Waals surface area contributed by atoms with Crippen LogP contribution >= 0.6 is 0 Å². The molecule has 2 aromatic carbocycles. The third-order valence-electron chi connectivity index (χ3n) is 4.54. The van der Waals surface area contributed by atoms with E-state index in [-0.39, 0.29) is 5.91 Å². The molecule has 0 bridgehead atoms. The number of carbonyl (C=O) groups is 1. The standard InChI is InChI=1S/C22H26N2O5/c1-3-13-28-19-11-10-16(14-20(19)27-2)15-23-21(25)9-6-12-24-17-7-4-5-8-18(17)29-22(24)26/h4-5,7-8,10-11,14H,3,6,9,12-13,15H2,1-2H3,(H,23,25). The number of carbonyl (C=O) groups excluding carboxylic acids is 1. The summed E-state index contributed by atoms with van der Waals surface area (Å²) in [7, 11) is 1.60. The maximum Gasteiger partial charge on any atom is 0.419 e. The SMILES string of the molecule is CCCOc1ccc(CNC(=O)CCCn2c(=O)oc3ccccc32)cc1OC. The van der Waals surface area contributed by atoms with E-state index in [4.69, 9.17) is 13.9 Å². The van der Waals surface area contributed by atoms with E-state index in [1.54, 1.807) is 17.7 Å². The third kappa shape index (κ3) is 5.19. The van der Waals surface area contributed by atoms with Crippen LogP contribution in [0.15, 0.2) is 51.7 Å². The smallest absolute Gasteiger partial charge is 0.419 e. The molecular formula is C22H26N2O5. The molecule has 0 atom stereocenters. The Hall–Kier alpha value is -3.22. The van der Waals surface area contributed by atoms with Crippen molar-refractivity contribution in [1.82, 2.24) is 9.88 Å². The number of hydrogen-bond acceptors (Lipinski definition) is 5. The Morgan fingerprint density at radius 3 is 2.79 bits per heavy atom. The van der Waals surface area contributed by atoms with Crippen molar-refractivity contribution in [2.24, 2.45) is 0 Å². The van der Waals surface area contributed by atoms with E-state index in [0.29, 0.717) is 49.6 Å². The van der Waals surface area contributed by atoms with Crippen LogP contribution in [0.4, 0.5) is 0 Å². The lowest BCUT2D eigenvalue weighted by atomic mass is 10.2. The number of oxazole rings is 1. The molecule has 0 aliphatic carbocycles. The molecule has 0 saturated carbocycles. The predicted octanol–water partition coefficient (Wildman–Crippen LogP) is 3.49. The number of hydrogen-bond donors (Lipinski definition) is 1. The molecular weight excluding hydrogens is 372 g/mol. The number of fused-ring (bicyclic) bond motifs is 1. The van der Waals surface area contributed by atoms with Crippen molar-refractivity contribution in [2.75, 3.05) is 13.7 Å². The largest absolute Gasteiger partial charge is 0.493 e. The second-order valence-corrected chi connectivity index (χ2v) is 6.70. The first kappa shape index (κ1) is 20.5. The highest BCUT2D eigenvalue weighted by Gasteiger charge is 2.10. The fraction of sp³-hybridized carbons (Fsp3) is 0.364. The van der Waals surface area contributed by atoms with Gasteiger partial charge in [-0.2, -0.15) is 0 Å². The van der Waals surface area contributed by atoms with E-state index in [0.717, 1.165) is 17.5 Å². The number of para-hydroxylation sites is 2. The minimum Gasteiger partial charge on any atom is -0.493 e. The summed E-state index contributed by atoms with van der Waals surface area (Å²) in [5.41, 5.74) is 2.23. The van der Waals surface area contributed by atoms with E-state index in [2.05, 4.69) is 5.32 Å². The average Bonchev–Trinajstić information content (AvgIpc) is 3.06. The van der Waals surface area contributed by atoms with Crippen LogP contribution in [0.25, 0.3) is 11.1 Å². The number of amides is 1. The third-order valence-corrected chi connectivity index (χ3v) is 4.54. The van der Waals surface area contributed by atoms with E-state index >= 15 is 0 Å². The normalized spacial score (nSPS) is 10.8. The summed E-state index contributed by atoms with van der Waals surface area (Å²) in [6, 6.07) is 12.9. The van der Waals surface area contributed by atoms with Crippen molar-refractivity contribution in [1.29, 1.82) is 0 Å². The Kier molecular flexibility index (Phi) is 6.94. The van der Waals surface area contributed by atoms with Gasteiger partial charge in [0.05, 0.1) is 19.2 Å². The zero-order valence-electron chi connectivity index (χ0n) is 16.8. The summed E-state index contributed by atoms with van der Waals surface area (Å²) < 4.78 is 17.8. The van der Waals surface area contributed by atoms with Gasteiger partial charge in [-0.25, -0.2) is 4.79 Å². The zero-order chi connectivity index (χ0) is 20.6. The van der Waals surface area contributed by atoms with Crippen molar-refractivity contribution in [3.8, 4) is 11.5 Å². The molecule has 154 valence electrons. The van der Waals surface area contributed by atoms with Gasteiger partial charge in [0.2, 0.25) is 5.91 Å². The Morgan fingerprint density at radius 2 is 2.00 bits per heavy atom. The number of nitrogens with one attached hydrogen (secondary N) is 1. The zero-order valence-corrected chi connectivity index (χ0v) is 16.8. The second-order valence-electron chi connectivity index (χ2n) is 6.70. The Labute approximate surface area is 169 Å². The molecule has 0 radical (unpaired) electrons. The van der Waals surface area contributed by atoms with Crippen molar-refractivity contribution in [3.63, 3.8) is 0 Å². The maximum atomic E-state index is 12.2. The van der Waals surface area contributed by atoms with Crippen LogP contribution in [-0.2, 0) is 17.9 Å². The van der Waals surface area contributed by atoms with Gasteiger partial charge < -0.3 is 19.2 Å². The summed E-state index contributed by atoms with van der Waals surface area (Å²) in [5, 5.41) is 2.90. The van der Waals surface area contributed by atoms with Crippen LogP contribution in [0, 0.1) is 0 Å². The van der Waals surface area contributed by atoms with Crippen molar-refractivity contribution < 1.29 is 18.7 Å². The highest BCUT2D eigenvalue weighted by atomic mass is 16.5. The quantitative estimate of drug-likeness (QED) is 0.565. The van der Waals surface area contributed by atoms with Crippen molar-refractivity contribution in [2.45, 2.75) is 39.3 Å². The highest BCUT2D eigenvalue weighted by Crippen LogP contribution is 2.28. The summed E-state index contributed by atoms with van der Waals surface area (Å²) >= 11 is 0. The predicted molar refractivity (Wildman–Crippen MR) is 110 cm³/mol. The number of methoxy groups -OCH3 is 1. The minimum atomic E-state index is -0.399. The van der Waals surface area contributed by atoms with E-state index in [1.165, 1.54) is 0 Å². The molecule has 1 N–H and O–H groups in total. The van der Waals surface area contributed by atoms with Crippen molar-refractivity contribution >= 4 is 17.0 Å². The molecule has 29 heavy (non-hydrogen) atoms. The van der Waals surface area contributed by atoms with Crippen LogP contribution < -0.4 is 20.5 Å². The van der Waals surface area contributed by atoms with Crippen LogP contribution in [0.1, 0.15) is 31.7 Å². The van der Waals surface area contributed by atoms with Crippen molar-refractivity contribution in [3.05, 3.63) is 58.6 Å². The van der Waals surface area contributed by atoms with Crippen LogP contribution in [0.5, 0.6) is 11.5 Å². The summed E-state index contributed by atoms with van der Waals surface area (Å²) in [6.45, 7) is 3.50. The lowest BCUT2D eigenvalue weighted by molar-refractivity contribution is -0.121. The van der Waals surface area contributed by atoms with Gasteiger partial charge in [-0.3, -0.25) is 9.36 Å². The first-order valence-corrected chi connectivity index (χ1v) is 9.77. The topological polar surface area (TPSA) is 82.7 Å². The first-order chi connectivity index (χ1) is 14.1. The Balaban J connectivity index is 1.50. The van der Waals surface area contributed by atoms with Crippen LogP contribution in [0.2, 0.25) is 0 Å². The van der Waals surface area contributed by atoms with Crippen LogP contribution in [0.3, 0.4) is 0 Å². The molecule has 0 aliphatic rings. The van der Waals surface area contributed by atoms with E-state index < -0.39 is 5.76 Å². The van der Waals surface area contributed by atoms with Gasteiger partial charge in [-0.15, -0.1) is 0 Å². The Bertz CT molecular complexity index is 1020. The fourth-order valence-corrected chi connectivity index (χ4v) is 3.07. The molecule has 1 aromatic heterocycles. The molecule has 0 saturated heterocycles. The summed E-state index contributed by atoms with van der Waals surface area (Å²) in [4.78, 5) is 24.1. The van der Waals surface area contributed by atoms with Crippen LogP contribution in [-0.4, -0.2) is 24.2 Å². The molecule has 7 heteroatoms. The fourth-order valence-electron chi connectivity index (χ4n) is 3.07. The molecule has 3 aromatic rings. The second kappa shape index (κ2) is 9.82. The molecule has 1 amide bonds. The molecule has 0 spiro atoms.